The first kappa shape index (κ1) is 44.8. The molecule has 3 aromatic rings. The lowest BCUT2D eigenvalue weighted by Gasteiger charge is -2.22. The number of primary amides is 1. The molecule has 21 heteroatoms. The second-order valence-electron chi connectivity index (χ2n) is 14.1. The Balaban J connectivity index is 1.18. The lowest BCUT2D eigenvalue weighted by molar-refractivity contribution is -0.131. The normalized spacial score (nSPS) is 16.5. The molecule has 4 amide bonds. The van der Waals surface area contributed by atoms with Gasteiger partial charge in [-0.15, -0.1) is 11.3 Å². The Morgan fingerprint density at radius 3 is 2.30 bits per heavy atom. The highest BCUT2D eigenvalue weighted by Gasteiger charge is 2.36. The topological polar surface area (TPSA) is 328 Å². The summed E-state index contributed by atoms with van der Waals surface area (Å²) in [7, 11) is 0. The van der Waals surface area contributed by atoms with Crippen LogP contribution in [-0.4, -0.2) is 106 Å². The summed E-state index contributed by atoms with van der Waals surface area (Å²) in [6.07, 6.45) is 4.76. The zero-order valence-corrected chi connectivity index (χ0v) is 34.2. The van der Waals surface area contributed by atoms with E-state index in [2.05, 4.69) is 46.8 Å². The van der Waals surface area contributed by atoms with Crippen LogP contribution >= 0.6 is 27.3 Å². The van der Waals surface area contributed by atoms with Gasteiger partial charge in [0, 0.05) is 47.2 Å². The summed E-state index contributed by atoms with van der Waals surface area (Å²) in [5.74, 6) is -1.52. The number of amides is 4. The first-order chi connectivity index (χ1) is 27.2. The molecule has 0 spiro atoms. The number of likely N-dealkylation sites (tertiary alicyclic amines) is 1. The molecule has 3 heterocycles. The Kier molecular flexibility index (Phi) is 17.4. The number of halogens is 1. The number of aliphatic hydroxyl groups is 1. The fourth-order valence-electron chi connectivity index (χ4n) is 6.64. The van der Waals surface area contributed by atoms with Crippen molar-refractivity contribution in [2.75, 3.05) is 26.2 Å². The summed E-state index contributed by atoms with van der Waals surface area (Å²) in [6.45, 7) is 1.45. The number of benzene rings is 1. The number of aromatic amines is 1. The van der Waals surface area contributed by atoms with Crippen LogP contribution in [-0.2, 0) is 25.7 Å². The van der Waals surface area contributed by atoms with Gasteiger partial charge < -0.3 is 54.7 Å². The Bertz CT molecular complexity index is 1980. The van der Waals surface area contributed by atoms with E-state index in [1.165, 1.54) is 11.3 Å². The minimum Gasteiger partial charge on any atom is -0.392 e. The van der Waals surface area contributed by atoms with Crippen LogP contribution in [0.2, 0.25) is 0 Å². The highest BCUT2D eigenvalue weighted by molar-refractivity contribution is 9.10. The molecule has 15 N–H and O–H groups in total. The summed E-state index contributed by atoms with van der Waals surface area (Å²) >= 11 is 4.87. The number of carbonyl (C=O) groups excluding carboxylic acids is 4. The summed E-state index contributed by atoms with van der Waals surface area (Å²) in [5, 5.41) is 19.7. The van der Waals surface area contributed by atoms with Crippen LogP contribution in [0.1, 0.15) is 76.5 Å². The highest BCUT2D eigenvalue weighted by Crippen LogP contribution is 2.32. The number of fused-ring (bicyclic) bond motifs is 3. The SMILES string of the molecule is NC(=O)[C@@H](CCCN=C(N)N)NC(=O)[C@@H](CCCN=C(N)N)NC(=O)CCCCCCCNC(=O)[C@H]1C[C@H](O)CN1Cc1nc2c(sc3ccc(Br)cc32)c(=O)[nH]1. The van der Waals surface area contributed by atoms with E-state index in [0.717, 1.165) is 40.2 Å². The Labute approximate surface area is 342 Å². The molecular formula is C36H54BrN13O6S. The molecule has 1 saturated heterocycles. The average molecular weight is 877 g/mol. The fraction of sp³-hybridized carbons (Fsp3) is 0.556. The van der Waals surface area contributed by atoms with E-state index in [1.807, 2.05) is 23.1 Å². The lowest BCUT2D eigenvalue weighted by Crippen LogP contribution is -2.53. The van der Waals surface area contributed by atoms with Crippen LogP contribution < -0.4 is 50.2 Å². The summed E-state index contributed by atoms with van der Waals surface area (Å²) in [4.78, 5) is 81.3. The number of nitrogens with one attached hydrogen (secondary N) is 4. The minimum absolute atomic E-state index is 0.0850. The zero-order chi connectivity index (χ0) is 41.5. The van der Waals surface area contributed by atoms with Crippen molar-refractivity contribution in [3.05, 3.63) is 38.9 Å². The number of nitrogens with two attached hydrogens (primary N) is 5. The fourth-order valence-corrected chi connectivity index (χ4v) is 8.02. The Morgan fingerprint density at radius 2 is 1.61 bits per heavy atom. The van der Waals surface area contributed by atoms with Crippen molar-refractivity contribution in [2.45, 2.75) is 101 Å². The molecule has 312 valence electrons. The third-order valence-corrected chi connectivity index (χ3v) is 11.1. The van der Waals surface area contributed by atoms with Gasteiger partial charge in [-0.1, -0.05) is 35.2 Å². The quantitative estimate of drug-likeness (QED) is 0.0338. The van der Waals surface area contributed by atoms with Crippen molar-refractivity contribution in [1.82, 2.24) is 30.8 Å². The smallest absolute Gasteiger partial charge is 0.268 e. The molecule has 4 atom stereocenters. The van der Waals surface area contributed by atoms with Gasteiger partial charge in [0.1, 0.15) is 22.6 Å². The number of thiophene rings is 1. The van der Waals surface area contributed by atoms with E-state index in [9.17, 15) is 29.1 Å². The number of aliphatic hydroxyl groups excluding tert-OH is 1. The molecule has 0 bridgehead atoms. The minimum atomic E-state index is -0.974. The molecule has 1 aliphatic rings. The lowest BCUT2D eigenvalue weighted by atomic mass is 10.1. The monoisotopic (exact) mass is 875 g/mol. The maximum Gasteiger partial charge on any atom is 0.268 e. The van der Waals surface area contributed by atoms with Crippen LogP contribution in [0.25, 0.3) is 20.3 Å². The molecule has 0 aliphatic carbocycles. The van der Waals surface area contributed by atoms with Crippen LogP contribution in [0.3, 0.4) is 0 Å². The first-order valence-electron chi connectivity index (χ1n) is 19.0. The predicted molar refractivity (Wildman–Crippen MR) is 224 cm³/mol. The van der Waals surface area contributed by atoms with Crippen LogP contribution in [0.5, 0.6) is 0 Å². The first-order valence-corrected chi connectivity index (χ1v) is 20.6. The van der Waals surface area contributed by atoms with Crippen molar-refractivity contribution in [2.24, 2.45) is 38.7 Å². The van der Waals surface area contributed by atoms with Gasteiger partial charge >= 0.3 is 0 Å². The molecule has 0 saturated carbocycles. The predicted octanol–water partition coefficient (Wildman–Crippen LogP) is -0.146. The molecule has 0 unspecified atom stereocenters. The second-order valence-corrected chi connectivity index (χ2v) is 16.0. The van der Waals surface area contributed by atoms with Gasteiger partial charge in [0.15, 0.2) is 11.9 Å². The number of guanidine groups is 2. The third kappa shape index (κ3) is 14.2. The molecule has 4 rings (SSSR count). The van der Waals surface area contributed by atoms with Crippen molar-refractivity contribution in [1.29, 1.82) is 0 Å². The van der Waals surface area contributed by atoms with Gasteiger partial charge in [0.2, 0.25) is 23.6 Å². The number of rotatable bonds is 23. The summed E-state index contributed by atoms with van der Waals surface area (Å²) in [5.41, 5.74) is 27.3. The van der Waals surface area contributed by atoms with Crippen LogP contribution in [0.4, 0.5) is 0 Å². The number of unbranched alkanes of at least 4 members (excludes halogenated alkanes) is 4. The molecule has 1 fully saturated rings. The summed E-state index contributed by atoms with van der Waals surface area (Å²) < 4.78 is 2.37. The highest BCUT2D eigenvalue weighted by atomic mass is 79.9. The van der Waals surface area contributed by atoms with E-state index in [4.69, 9.17) is 33.7 Å². The van der Waals surface area contributed by atoms with Crippen LogP contribution in [0.15, 0.2) is 37.5 Å². The molecule has 0 radical (unpaired) electrons. The molecule has 2 aromatic heterocycles. The van der Waals surface area contributed by atoms with Crippen molar-refractivity contribution in [3.8, 4) is 0 Å². The van der Waals surface area contributed by atoms with Crippen molar-refractivity contribution in [3.63, 3.8) is 0 Å². The van der Waals surface area contributed by atoms with Gasteiger partial charge in [-0.3, -0.25) is 38.9 Å². The molecule has 1 aliphatic heterocycles. The standard InChI is InChI=1S/C36H54BrN13O6S/c37-20-11-12-26-22(16-20)29-30(57-26)34(56)49-27(48-29)19-50-18-21(51)17-25(50)33(55)43-13-5-3-1-2-4-10-28(52)46-24(9-7-15-45-36(41)42)32(54)47-23(31(38)53)8-6-14-44-35(39)40/h11-12,16,21,23-25,51H,1-10,13-15,17-19H2,(H2,38,53)(H,43,55)(H,46,52)(H,47,54)(H4,39,40,44)(H4,41,42,45)(H,48,49,56)/t21-,23+,24+,25+/m0/s1. The van der Waals surface area contributed by atoms with E-state index in [-0.39, 0.29) is 81.2 Å². The van der Waals surface area contributed by atoms with Gasteiger partial charge in [-0.2, -0.15) is 0 Å². The average Bonchev–Trinajstić information content (AvgIpc) is 3.70. The van der Waals surface area contributed by atoms with E-state index < -0.39 is 36.0 Å². The van der Waals surface area contributed by atoms with Crippen molar-refractivity contribution < 1.29 is 24.3 Å². The number of H-pyrrole nitrogens is 1. The molecule has 57 heavy (non-hydrogen) atoms. The van der Waals surface area contributed by atoms with Gasteiger partial charge in [0.25, 0.3) is 5.56 Å². The summed E-state index contributed by atoms with van der Waals surface area (Å²) in [6, 6.07) is 3.32. The third-order valence-electron chi connectivity index (χ3n) is 9.45. The second kappa shape index (κ2) is 22.2. The van der Waals surface area contributed by atoms with E-state index >= 15 is 0 Å². The Morgan fingerprint density at radius 1 is 0.947 bits per heavy atom. The number of aromatic nitrogens is 2. The van der Waals surface area contributed by atoms with Gasteiger partial charge in [0.05, 0.1) is 24.2 Å². The number of hydrogen-bond donors (Lipinski definition) is 10. The van der Waals surface area contributed by atoms with E-state index in [0.29, 0.717) is 41.8 Å². The van der Waals surface area contributed by atoms with E-state index in [1.54, 1.807) is 0 Å². The number of aliphatic imine (C=N–C) groups is 2. The van der Waals surface area contributed by atoms with Crippen molar-refractivity contribution >= 4 is 83.1 Å². The maximum absolute atomic E-state index is 13.2. The van der Waals surface area contributed by atoms with Crippen LogP contribution in [0, 0.1) is 0 Å². The molecular weight excluding hydrogens is 822 g/mol. The zero-order valence-electron chi connectivity index (χ0n) is 31.8. The number of carbonyl (C=O) groups is 4. The maximum atomic E-state index is 13.2. The van der Waals surface area contributed by atoms with Gasteiger partial charge in [-0.25, -0.2) is 4.98 Å². The largest absolute Gasteiger partial charge is 0.392 e. The molecule has 1 aromatic carbocycles. The van der Waals surface area contributed by atoms with Gasteiger partial charge in [-0.05, 0) is 63.1 Å². The number of β-amino-alcohol motifs (C(OH)–C–C–N with tert-alkyl or cyclic N) is 1. The number of nitrogens with zero attached hydrogens (tertiary/aromatic N) is 4. The molecule has 19 nitrogen and oxygen atoms in total. The number of hydrogen-bond acceptors (Lipinski definition) is 11. The Hall–Kier alpha value is -4.86.